The predicted molar refractivity (Wildman–Crippen MR) is 71.5 cm³/mol. The van der Waals surface area contributed by atoms with E-state index in [9.17, 15) is 5.11 Å². The standard InChI is InChI=1S/C14H22N2O2/c15-8-13(12-4-2-1-3-5-12)9-16-6-7-18-11-14(16)10-17/h1-5,13-14,17H,6-11,15H2. The average Bonchev–Trinajstić information content (AvgIpc) is 2.46. The fourth-order valence-electron chi connectivity index (χ4n) is 2.42. The molecule has 100 valence electrons. The zero-order valence-electron chi connectivity index (χ0n) is 10.7. The van der Waals surface area contributed by atoms with E-state index in [4.69, 9.17) is 10.5 Å². The van der Waals surface area contributed by atoms with Gasteiger partial charge in [-0.25, -0.2) is 0 Å². The number of rotatable bonds is 5. The molecule has 1 aromatic rings. The van der Waals surface area contributed by atoms with E-state index in [2.05, 4.69) is 17.0 Å². The SMILES string of the molecule is NCC(CN1CCOCC1CO)c1ccccc1. The quantitative estimate of drug-likeness (QED) is 0.795. The Kier molecular flexibility index (Phi) is 5.13. The largest absolute Gasteiger partial charge is 0.395 e. The van der Waals surface area contributed by atoms with Crippen LogP contribution in [0.2, 0.25) is 0 Å². The van der Waals surface area contributed by atoms with E-state index in [0.29, 0.717) is 19.1 Å². The van der Waals surface area contributed by atoms with Crippen molar-refractivity contribution in [1.29, 1.82) is 0 Å². The minimum atomic E-state index is 0.108. The van der Waals surface area contributed by atoms with Crippen LogP contribution in [0.3, 0.4) is 0 Å². The number of benzene rings is 1. The first-order valence-corrected chi connectivity index (χ1v) is 6.52. The lowest BCUT2D eigenvalue weighted by molar-refractivity contribution is -0.0294. The van der Waals surface area contributed by atoms with Crippen LogP contribution < -0.4 is 5.73 Å². The predicted octanol–water partition coefficient (Wildman–Crippen LogP) is 0.422. The number of aliphatic hydroxyl groups excluding tert-OH is 1. The van der Waals surface area contributed by atoms with Crippen LogP contribution in [0.5, 0.6) is 0 Å². The summed E-state index contributed by atoms with van der Waals surface area (Å²) >= 11 is 0. The summed E-state index contributed by atoms with van der Waals surface area (Å²) in [5, 5.41) is 9.36. The Balaban J connectivity index is 2.01. The first kappa shape index (κ1) is 13.5. The minimum Gasteiger partial charge on any atom is -0.395 e. The normalized spacial score (nSPS) is 22.9. The summed E-state index contributed by atoms with van der Waals surface area (Å²) < 4.78 is 5.39. The second-order valence-electron chi connectivity index (χ2n) is 4.75. The van der Waals surface area contributed by atoms with E-state index in [0.717, 1.165) is 19.7 Å². The van der Waals surface area contributed by atoms with Crippen molar-refractivity contribution in [3.63, 3.8) is 0 Å². The molecule has 0 bridgehead atoms. The molecule has 0 amide bonds. The number of aliphatic hydroxyl groups is 1. The second kappa shape index (κ2) is 6.85. The molecule has 1 saturated heterocycles. The smallest absolute Gasteiger partial charge is 0.0644 e. The maximum Gasteiger partial charge on any atom is 0.0644 e. The monoisotopic (exact) mass is 250 g/mol. The van der Waals surface area contributed by atoms with Crippen molar-refractivity contribution >= 4 is 0 Å². The van der Waals surface area contributed by atoms with E-state index < -0.39 is 0 Å². The third kappa shape index (κ3) is 3.29. The molecule has 1 aliphatic heterocycles. The molecule has 4 heteroatoms. The molecule has 0 saturated carbocycles. The molecule has 0 aliphatic carbocycles. The number of morpholine rings is 1. The van der Waals surface area contributed by atoms with Crippen LogP contribution in [0.1, 0.15) is 11.5 Å². The Morgan fingerprint density at radius 3 is 2.83 bits per heavy atom. The minimum absolute atomic E-state index is 0.108. The molecule has 2 rings (SSSR count). The van der Waals surface area contributed by atoms with Crippen molar-refractivity contribution in [2.75, 3.05) is 39.5 Å². The van der Waals surface area contributed by atoms with Crippen molar-refractivity contribution in [2.24, 2.45) is 5.73 Å². The van der Waals surface area contributed by atoms with Gasteiger partial charge in [0.2, 0.25) is 0 Å². The van der Waals surface area contributed by atoms with Gasteiger partial charge in [-0.3, -0.25) is 4.90 Å². The van der Waals surface area contributed by atoms with E-state index in [-0.39, 0.29) is 12.6 Å². The Bertz CT molecular complexity index is 345. The molecule has 1 aromatic carbocycles. The van der Waals surface area contributed by atoms with Gasteiger partial charge in [0.05, 0.1) is 25.9 Å². The van der Waals surface area contributed by atoms with Crippen molar-refractivity contribution in [2.45, 2.75) is 12.0 Å². The summed E-state index contributed by atoms with van der Waals surface area (Å²) in [5.74, 6) is 0.318. The molecule has 3 N–H and O–H groups in total. The van der Waals surface area contributed by atoms with Gasteiger partial charge in [0, 0.05) is 25.6 Å². The van der Waals surface area contributed by atoms with Gasteiger partial charge >= 0.3 is 0 Å². The van der Waals surface area contributed by atoms with Gasteiger partial charge in [-0.1, -0.05) is 30.3 Å². The van der Waals surface area contributed by atoms with Crippen LogP contribution in [-0.2, 0) is 4.74 Å². The third-order valence-corrected chi connectivity index (χ3v) is 3.57. The van der Waals surface area contributed by atoms with Crippen LogP contribution in [0.25, 0.3) is 0 Å². The van der Waals surface area contributed by atoms with Gasteiger partial charge in [0.1, 0.15) is 0 Å². The molecule has 1 fully saturated rings. The molecule has 2 unspecified atom stereocenters. The molecule has 0 spiro atoms. The summed E-state index contributed by atoms with van der Waals surface area (Å²) in [7, 11) is 0. The third-order valence-electron chi connectivity index (χ3n) is 3.57. The van der Waals surface area contributed by atoms with Gasteiger partial charge in [0.25, 0.3) is 0 Å². The number of hydrogen-bond donors (Lipinski definition) is 2. The van der Waals surface area contributed by atoms with E-state index >= 15 is 0 Å². The molecule has 2 atom stereocenters. The second-order valence-corrected chi connectivity index (χ2v) is 4.75. The summed E-state index contributed by atoms with van der Waals surface area (Å²) in [6.07, 6.45) is 0. The van der Waals surface area contributed by atoms with Crippen LogP contribution in [-0.4, -0.2) is 55.5 Å². The number of hydrogen-bond acceptors (Lipinski definition) is 4. The highest BCUT2D eigenvalue weighted by atomic mass is 16.5. The number of nitrogens with zero attached hydrogens (tertiary/aromatic N) is 1. The first-order chi connectivity index (χ1) is 8.85. The van der Waals surface area contributed by atoms with Crippen molar-refractivity contribution < 1.29 is 9.84 Å². The zero-order valence-corrected chi connectivity index (χ0v) is 10.7. The van der Waals surface area contributed by atoms with Crippen LogP contribution in [0.4, 0.5) is 0 Å². The molecule has 0 radical (unpaired) electrons. The van der Waals surface area contributed by atoms with E-state index in [1.165, 1.54) is 5.56 Å². The fourth-order valence-corrected chi connectivity index (χ4v) is 2.42. The molecule has 1 aliphatic rings. The van der Waals surface area contributed by atoms with Gasteiger partial charge in [0.15, 0.2) is 0 Å². The average molecular weight is 250 g/mol. The van der Waals surface area contributed by atoms with E-state index in [1.807, 2.05) is 18.2 Å². The number of ether oxygens (including phenoxy) is 1. The van der Waals surface area contributed by atoms with Gasteiger partial charge < -0.3 is 15.6 Å². The van der Waals surface area contributed by atoms with Crippen LogP contribution in [0.15, 0.2) is 30.3 Å². The fraction of sp³-hybridized carbons (Fsp3) is 0.571. The van der Waals surface area contributed by atoms with E-state index in [1.54, 1.807) is 0 Å². The summed E-state index contributed by atoms with van der Waals surface area (Å²) in [6.45, 7) is 3.88. The maximum atomic E-state index is 9.36. The molecular formula is C14H22N2O2. The Labute approximate surface area is 108 Å². The van der Waals surface area contributed by atoms with Crippen molar-refractivity contribution in [3.8, 4) is 0 Å². The lowest BCUT2D eigenvalue weighted by atomic mass is 9.98. The topological polar surface area (TPSA) is 58.7 Å². The van der Waals surface area contributed by atoms with Gasteiger partial charge in [-0.2, -0.15) is 0 Å². The summed E-state index contributed by atoms with van der Waals surface area (Å²) in [6, 6.07) is 10.4. The van der Waals surface area contributed by atoms with Crippen LogP contribution in [0, 0.1) is 0 Å². The van der Waals surface area contributed by atoms with Gasteiger partial charge in [-0.05, 0) is 5.56 Å². The molecule has 1 heterocycles. The first-order valence-electron chi connectivity index (χ1n) is 6.52. The number of nitrogens with two attached hydrogens (primary N) is 1. The summed E-state index contributed by atoms with van der Waals surface area (Å²) in [5.41, 5.74) is 7.16. The lowest BCUT2D eigenvalue weighted by Gasteiger charge is -2.36. The highest BCUT2D eigenvalue weighted by Gasteiger charge is 2.24. The van der Waals surface area contributed by atoms with Crippen LogP contribution >= 0.6 is 0 Å². The molecular weight excluding hydrogens is 228 g/mol. The summed E-state index contributed by atoms with van der Waals surface area (Å²) in [4.78, 5) is 2.29. The lowest BCUT2D eigenvalue weighted by Crippen LogP contribution is -2.49. The molecule has 4 nitrogen and oxygen atoms in total. The zero-order chi connectivity index (χ0) is 12.8. The Hall–Kier alpha value is -0.940. The van der Waals surface area contributed by atoms with Crippen molar-refractivity contribution in [3.05, 3.63) is 35.9 Å². The van der Waals surface area contributed by atoms with Crippen molar-refractivity contribution in [1.82, 2.24) is 4.90 Å². The van der Waals surface area contributed by atoms with Gasteiger partial charge in [-0.15, -0.1) is 0 Å². The Morgan fingerprint density at radius 2 is 2.17 bits per heavy atom. The maximum absolute atomic E-state index is 9.36. The highest BCUT2D eigenvalue weighted by molar-refractivity contribution is 5.20. The molecule has 0 aromatic heterocycles. The Morgan fingerprint density at radius 1 is 1.39 bits per heavy atom. The highest BCUT2D eigenvalue weighted by Crippen LogP contribution is 2.18. The molecule has 18 heavy (non-hydrogen) atoms.